The van der Waals surface area contributed by atoms with Gasteiger partial charge >= 0.3 is 0 Å². The number of hydrogen-bond acceptors (Lipinski definition) is 3. The van der Waals surface area contributed by atoms with Crippen LogP contribution < -0.4 is 10.6 Å². The van der Waals surface area contributed by atoms with Crippen LogP contribution in [0.5, 0.6) is 0 Å². The first kappa shape index (κ1) is 20.4. The molecule has 0 bridgehead atoms. The van der Waals surface area contributed by atoms with Crippen LogP contribution >= 0.6 is 0 Å². The highest BCUT2D eigenvalue weighted by atomic mass is 16.5. The van der Waals surface area contributed by atoms with Gasteiger partial charge in [0.15, 0.2) is 5.96 Å². The number of rotatable bonds is 7. The lowest BCUT2D eigenvalue weighted by Crippen LogP contribution is -2.36. The Balaban J connectivity index is 1.52. The minimum absolute atomic E-state index is 0.668. The second-order valence-electron chi connectivity index (χ2n) is 7.24. The van der Waals surface area contributed by atoms with Crippen LogP contribution in [0.15, 0.2) is 53.5 Å². The van der Waals surface area contributed by atoms with Gasteiger partial charge in [-0.2, -0.15) is 0 Å². The zero-order valence-electron chi connectivity index (χ0n) is 17.1. The van der Waals surface area contributed by atoms with Crippen molar-refractivity contribution in [1.29, 1.82) is 0 Å². The topological polar surface area (TPSA) is 48.9 Å². The van der Waals surface area contributed by atoms with Gasteiger partial charge in [-0.05, 0) is 30.5 Å². The van der Waals surface area contributed by atoms with Crippen molar-refractivity contribution < 1.29 is 4.74 Å². The fourth-order valence-corrected chi connectivity index (χ4v) is 3.17. The first-order valence-corrected chi connectivity index (χ1v) is 10.2. The third-order valence-corrected chi connectivity index (χ3v) is 4.88. The summed E-state index contributed by atoms with van der Waals surface area (Å²) in [6, 6.07) is 17.4. The molecule has 0 amide bonds. The van der Waals surface area contributed by atoms with Crippen molar-refractivity contribution in [3.8, 4) is 0 Å². The molecule has 1 aliphatic rings. The second kappa shape index (κ2) is 10.8. The van der Waals surface area contributed by atoms with Crippen molar-refractivity contribution in [1.82, 2.24) is 15.5 Å². The molecule has 3 rings (SSSR count). The number of nitrogens with one attached hydrogen (secondary N) is 2. The summed E-state index contributed by atoms with van der Waals surface area (Å²) in [5, 5.41) is 6.73. The Kier molecular flexibility index (Phi) is 7.88. The minimum Gasteiger partial charge on any atom is -0.379 e. The lowest BCUT2D eigenvalue weighted by molar-refractivity contribution is 0.0342. The molecule has 150 valence electrons. The molecule has 28 heavy (non-hydrogen) atoms. The molecule has 5 heteroatoms. The van der Waals surface area contributed by atoms with Crippen LogP contribution in [0.4, 0.5) is 0 Å². The third-order valence-electron chi connectivity index (χ3n) is 4.88. The molecule has 0 saturated carbocycles. The molecule has 0 unspecified atom stereocenters. The summed E-state index contributed by atoms with van der Waals surface area (Å²) < 4.78 is 5.42. The number of aliphatic imine (C=N–C) groups is 1. The van der Waals surface area contributed by atoms with Crippen molar-refractivity contribution >= 4 is 5.96 Å². The maximum Gasteiger partial charge on any atom is 0.191 e. The first-order chi connectivity index (χ1) is 13.7. The van der Waals surface area contributed by atoms with Crippen LogP contribution in [0.1, 0.15) is 29.2 Å². The normalized spacial score (nSPS) is 15.4. The molecule has 0 aromatic heterocycles. The monoisotopic (exact) mass is 380 g/mol. The van der Waals surface area contributed by atoms with Crippen LogP contribution in [0, 0.1) is 6.92 Å². The zero-order valence-corrected chi connectivity index (χ0v) is 17.1. The summed E-state index contributed by atoms with van der Waals surface area (Å²) in [7, 11) is 0. The van der Waals surface area contributed by atoms with Crippen LogP contribution in [-0.4, -0.2) is 43.7 Å². The number of morpholine rings is 1. The maximum atomic E-state index is 5.42. The van der Waals surface area contributed by atoms with Gasteiger partial charge in [0.2, 0.25) is 0 Å². The van der Waals surface area contributed by atoms with Crippen LogP contribution in [0.3, 0.4) is 0 Å². The van der Waals surface area contributed by atoms with Gasteiger partial charge in [-0.25, -0.2) is 4.99 Å². The number of ether oxygens (including phenoxy) is 1. The molecule has 0 spiro atoms. The quantitative estimate of drug-likeness (QED) is 0.572. The average Bonchev–Trinajstić information content (AvgIpc) is 2.73. The van der Waals surface area contributed by atoms with E-state index in [1.807, 2.05) is 0 Å². The van der Waals surface area contributed by atoms with Crippen molar-refractivity contribution in [3.63, 3.8) is 0 Å². The summed E-state index contributed by atoms with van der Waals surface area (Å²) in [5.74, 6) is 0.848. The van der Waals surface area contributed by atoms with E-state index in [9.17, 15) is 0 Å². The molecule has 1 aliphatic heterocycles. The molecular formula is C23H32N4O. The third kappa shape index (κ3) is 6.66. The predicted octanol–water partition coefficient (Wildman–Crippen LogP) is 3.08. The second-order valence-corrected chi connectivity index (χ2v) is 7.24. The number of nitrogens with zero attached hydrogens (tertiary/aromatic N) is 2. The van der Waals surface area contributed by atoms with Gasteiger partial charge < -0.3 is 15.4 Å². The number of aryl methyl sites for hydroxylation is 1. The van der Waals surface area contributed by atoms with E-state index in [1.54, 1.807) is 0 Å². The predicted molar refractivity (Wildman–Crippen MR) is 115 cm³/mol. The number of guanidine groups is 1. The van der Waals surface area contributed by atoms with Crippen LogP contribution in [0.2, 0.25) is 0 Å². The molecule has 0 radical (unpaired) electrons. The summed E-state index contributed by atoms with van der Waals surface area (Å²) in [5.41, 5.74) is 5.10. The Morgan fingerprint density at radius 2 is 1.57 bits per heavy atom. The Bertz CT molecular complexity index is 734. The van der Waals surface area contributed by atoms with E-state index in [0.29, 0.717) is 6.54 Å². The Labute approximate surface area is 168 Å². The van der Waals surface area contributed by atoms with E-state index < -0.39 is 0 Å². The van der Waals surface area contributed by atoms with E-state index in [-0.39, 0.29) is 0 Å². The Morgan fingerprint density at radius 3 is 2.25 bits per heavy atom. The lowest BCUT2D eigenvalue weighted by Gasteiger charge is -2.26. The SMILES string of the molecule is CCNC(=NCc1ccc(CN2CCOCC2)cc1)NCc1ccc(C)cc1. The van der Waals surface area contributed by atoms with E-state index in [2.05, 4.69) is 77.9 Å². The molecule has 1 saturated heterocycles. The summed E-state index contributed by atoms with van der Waals surface area (Å²) >= 11 is 0. The van der Waals surface area contributed by atoms with Crippen LogP contribution in [0.25, 0.3) is 0 Å². The van der Waals surface area contributed by atoms with Gasteiger partial charge in [0.05, 0.1) is 19.8 Å². The molecule has 2 N–H and O–H groups in total. The van der Waals surface area contributed by atoms with Gasteiger partial charge in [0, 0.05) is 32.7 Å². The molecule has 0 aliphatic carbocycles. The summed E-state index contributed by atoms with van der Waals surface area (Å²) in [4.78, 5) is 7.17. The first-order valence-electron chi connectivity index (χ1n) is 10.2. The molecule has 0 atom stereocenters. The zero-order chi connectivity index (χ0) is 19.6. The van der Waals surface area contributed by atoms with E-state index in [0.717, 1.165) is 51.9 Å². The lowest BCUT2D eigenvalue weighted by atomic mass is 10.1. The number of benzene rings is 2. The minimum atomic E-state index is 0.668. The fraction of sp³-hybridized carbons (Fsp3) is 0.435. The van der Waals surface area contributed by atoms with Crippen molar-refractivity contribution in [2.45, 2.75) is 33.5 Å². The van der Waals surface area contributed by atoms with Crippen molar-refractivity contribution in [2.75, 3.05) is 32.8 Å². The molecule has 1 heterocycles. The van der Waals surface area contributed by atoms with Gasteiger partial charge in [-0.1, -0.05) is 54.1 Å². The summed E-state index contributed by atoms with van der Waals surface area (Å²) in [6.45, 7) is 11.2. The van der Waals surface area contributed by atoms with E-state index in [4.69, 9.17) is 9.73 Å². The average molecular weight is 381 g/mol. The summed E-state index contributed by atoms with van der Waals surface area (Å²) in [6.07, 6.45) is 0. The maximum absolute atomic E-state index is 5.42. The van der Waals surface area contributed by atoms with Crippen LogP contribution in [-0.2, 0) is 24.4 Å². The van der Waals surface area contributed by atoms with Crippen molar-refractivity contribution in [2.24, 2.45) is 4.99 Å². The molecular weight excluding hydrogens is 348 g/mol. The van der Waals surface area contributed by atoms with Gasteiger partial charge in [-0.3, -0.25) is 4.90 Å². The molecule has 5 nitrogen and oxygen atoms in total. The number of hydrogen-bond donors (Lipinski definition) is 2. The highest BCUT2D eigenvalue weighted by Crippen LogP contribution is 2.10. The van der Waals surface area contributed by atoms with Crippen molar-refractivity contribution in [3.05, 3.63) is 70.8 Å². The molecule has 2 aromatic rings. The Morgan fingerprint density at radius 1 is 0.929 bits per heavy atom. The highest BCUT2D eigenvalue weighted by Gasteiger charge is 2.10. The standard InChI is InChI=1S/C23H32N4O/c1-3-24-23(25-16-20-6-4-19(2)5-7-20)26-17-21-8-10-22(11-9-21)18-27-12-14-28-15-13-27/h4-11H,3,12-18H2,1-2H3,(H2,24,25,26). The van der Waals surface area contributed by atoms with E-state index in [1.165, 1.54) is 22.3 Å². The largest absolute Gasteiger partial charge is 0.379 e. The Hall–Kier alpha value is -2.37. The van der Waals surface area contributed by atoms with E-state index >= 15 is 0 Å². The highest BCUT2D eigenvalue weighted by molar-refractivity contribution is 5.79. The fourth-order valence-electron chi connectivity index (χ4n) is 3.17. The smallest absolute Gasteiger partial charge is 0.191 e. The van der Waals surface area contributed by atoms with Gasteiger partial charge in [-0.15, -0.1) is 0 Å². The van der Waals surface area contributed by atoms with Gasteiger partial charge in [0.1, 0.15) is 0 Å². The molecule has 1 fully saturated rings. The van der Waals surface area contributed by atoms with Gasteiger partial charge in [0.25, 0.3) is 0 Å². The molecule has 2 aromatic carbocycles.